The number of carboxylic acids is 1. The summed E-state index contributed by atoms with van der Waals surface area (Å²) in [6.07, 6.45) is 1.61. The molecule has 2 unspecified atom stereocenters. The van der Waals surface area contributed by atoms with E-state index in [1.165, 1.54) is 0 Å². The molecule has 108 valence electrons. The standard InChI is InChI=1S/C14H16BrNO4/c1-20-12-5-4-10(7-11(12)15)16-13(17)8-2-3-9(6-8)14(18)19/h4-5,7-9H,2-3,6H2,1H3,(H,16,17)(H,18,19). The Bertz CT molecular complexity index is 532. The highest BCUT2D eigenvalue weighted by Crippen LogP contribution is 2.33. The number of anilines is 1. The highest BCUT2D eigenvalue weighted by atomic mass is 79.9. The molecule has 1 aromatic carbocycles. The molecule has 1 amide bonds. The van der Waals surface area contributed by atoms with Gasteiger partial charge in [-0.05, 0) is 53.4 Å². The first kappa shape index (κ1) is 14.8. The third-order valence-corrected chi connectivity index (χ3v) is 4.19. The maximum Gasteiger partial charge on any atom is 0.306 e. The number of methoxy groups -OCH3 is 1. The van der Waals surface area contributed by atoms with E-state index < -0.39 is 11.9 Å². The first-order valence-electron chi connectivity index (χ1n) is 6.38. The van der Waals surface area contributed by atoms with Crippen LogP contribution in [-0.4, -0.2) is 24.1 Å². The van der Waals surface area contributed by atoms with E-state index in [1.54, 1.807) is 25.3 Å². The predicted octanol–water partition coefficient (Wildman–Crippen LogP) is 2.90. The van der Waals surface area contributed by atoms with Crippen molar-refractivity contribution in [2.75, 3.05) is 12.4 Å². The summed E-state index contributed by atoms with van der Waals surface area (Å²) < 4.78 is 5.88. The van der Waals surface area contributed by atoms with Gasteiger partial charge in [-0.1, -0.05) is 0 Å². The lowest BCUT2D eigenvalue weighted by Gasteiger charge is -2.12. The number of carbonyl (C=O) groups excluding carboxylic acids is 1. The van der Waals surface area contributed by atoms with Crippen LogP contribution in [0.5, 0.6) is 5.75 Å². The minimum atomic E-state index is -0.813. The number of hydrogen-bond acceptors (Lipinski definition) is 3. The summed E-state index contributed by atoms with van der Waals surface area (Å²) in [4.78, 5) is 23.0. The zero-order valence-corrected chi connectivity index (χ0v) is 12.6. The van der Waals surface area contributed by atoms with Gasteiger partial charge in [-0.2, -0.15) is 0 Å². The smallest absolute Gasteiger partial charge is 0.306 e. The van der Waals surface area contributed by atoms with Crippen LogP contribution >= 0.6 is 15.9 Å². The summed E-state index contributed by atoms with van der Waals surface area (Å²) in [5.74, 6) is -0.863. The Morgan fingerprint density at radius 3 is 2.60 bits per heavy atom. The van der Waals surface area contributed by atoms with Crippen molar-refractivity contribution in [3.63, 3.8) is 0 Å². The molecule has 20 heavy (non-hydrogen) atoms. The average molecular weight is 342 g/mol. The van der Waals surface area contributed by atoms with Gasteiger partial charge in [0.15, 0.2) is 0 Å². The molecule has 1 fully saturated rings. The summed E-state index contributed by atoms with van der Waals surface area (Å²) in [6.45, 7) is 0. The third kappa shape index (κ3) is 3.30. The van der Waals surface area contributed by atoms with E-state index in [0.717, 1.165) is 4.47 Å². The highest BCUT2D eigenvalue weighted by Gasteiger charge is 2.33. The number of benzene rings is 1. The molecule has 1 aliphatic carbocycles. The molecule has 2 atom stereocenters. The van der Waals surface area contributed by atoms with Crippen LogP contribution in [0.1, 0.15) is 19.3 Å². The minimum Gasteiger partial charge on any atom is -0.496 e. The normalized spacial score (nSPS) is 21.5. The summed E-state index contributed by atoms with van der Waals surface area (Å²) in [5, 5.41) is 11.8. The van der Waals surface area contributed by atoms with Crippen molar-refractivity contribution in [1.29, 1.82) is 0 Å². The van der Waals surface area contributed by atoms with Gasteiger partial charge in [0.1, 0.15) is 5.75 Å². The first-order valence-corrected chi connectivity index (χ1v) is 7.17. The van der Waals surface area contributed by atoms with Gasteiger partial charge >= 0.3 is 5.97 Å². The van der Waals surface area contributed by atoms with E-state index in [2.05, 4.69) is 21.2 Å². The second-order valence-corrected chi connectivity index (χ2v) is 5.74. The van der Waals surface area contributed by atoms with Crippen LogP contribution in [0.3, 0.4) is 0 Å². The van der Waals surface area contributed by atoms with Crippen molar-refractivity contribution in [2.45, 2.75) is 19.3 Å². The number of carbonyl (C=O) groups is 2. The van der Waals surface area contributed by atoms with Crippen LogP contribution in [0.4, 0.5) is 5.69 Å². The lowest BCUT2D eigenvalue weighted by atomic mass is 10.0. The quantitative estimate of drug-likeness (QED) is 0.882. The number of carboxylic acid groups (broad SMARTS) is 1. The Morgan fingerprint density at radius 2 is 2.05 bits per heavy atom. The van der Waals surface area contributed by atoms with E-state index in [9.17, 15) is 9.59 Å². The van der Waals surface area contributed by atoms with E-state index in [4.69, 9.17) is 9.84 Å². The fourth-order valence-electron chi connectivity index (χ4n) is 2.43. The fourth-order valence-corrected chi connectivity index (χ4v) is 2.97. The topological polar surface area (TPSA) is 75.6 Å². The van der Waals surface area contributed by atoms with Crippen LogP contribution in [0.25, 0.3) is 0 Å². The molecule has 2 N–H and O–H groups in total. The molecule has 1 aromatic rings. The predicted molar refractivity (Wildman–Crippen MR) is 77.8 cm³/mol. The van der Waals surface area contributed by atoms with Crippen molar-refractivity contribution < 1.29 is 19.4 Å². The number of amides is 1. The largest absolute Gasteiger partial charge is 0.496 e. The SMILES string of the molecule is COc1ccc(NC(=O)C2CCC(C(=O)O)C2)cc1Br. The lowest BCUT2D eigenvalue weighted by molar-refractivity contribution is -0.141. The van der Waals surface area contributed by atoms with Crippen molar-refractivity contribution in [2.24, 2.45) is 11.8 Å². The number of hydrogen-bond donors (Lipinski definition) is 2. The van der Waals surface area contributed by atoms with E-state index in [-0.39, 0.29) is 11.8 Å². The summed E-state index contributed by atoms with van der Waals surface area (Å²) in [5.41, 5.74) is 0.668. The maximum atomic E-state index is 12.1. The first-order chi connectivity index (χ1) is 9.51. The second kappa shape index (κ2) is 6.26. The molecule has 0 spiro atoms. The zero-order chi connectivity index (χ0) is 14.7. The second-order valence-electron chi connectivity index (χ2n) is 4.88. The number of aliphatic carboxylic acids is 1. The van der Waals surface area contributed by atoms with Crippen molar-refractivity contribution in [1.82, 2.24) is 0 Å². The van der Waals surface area contributed by atoms with Gasteiger partial charge < -0.3 is 15.2 Å². The Morgan fingerprint density at radius 1 is 1.35 bits per heavy atom. The molecule has 0 saturated heterocycles. The Kier molecular flexibility index (Phi) is 4.65. The summed E-state index contributed by atoms with van der Waals surface area (Å²) >= 11 is 3.36. The molecule has 1 aliphatic rings. The van der Waals surface area contributed by atoms with Crippen molar-refractivity contribution in [3.8, 4) is 5.75 Å². The number of halogens is 1. The van der Waals surface area contributed by atoms with Crippen LogP contribution in [0.15, 0.2) is 22.7 Å². The van der Waals surface area contributed by atoms with Crippen LogP contribution in [0, 0.1) is 11.8 Å². The fraction of sp³-hybridized carbons (Fsp3) is 0.429. The molecule has 0 bridgehead atoms. The third-order valence-electron chi connectivity index (χ3n) is 3.57. The Hall–Kier alpha value is -1.56. The Labute approximate surface area is 125 Å². The van der Waals surface area contributed by atoms with Gasteiger partial charge in [0.2, 0.25) is 5.91 Å². The monoisotopic (exact) mass is 341 g/mol. The van der Waals surface area contributed by atoms with Gasteiger partial charge in [0.25, 0.3) is 0 Å². The van der Waals surface area contributed by atoms with Gasteiger partial charge in [-0.3, -0.25) is 9.59 Å². The summed E-state index contributed by atoms with van der Waals surface area (Å²) in [7, 11) is 1.57. The maximum absolute atomic E-state index is 12.1. The van der Waals surface area contributed by atoms with Crippen LogP contribution < -0.4 is 10.1 Å². The van der Waals surface area contributed by atoms with E-state index >= 15 is 0 Å². The molecule has 6 heteroatoms. The number of ether oxygens (including phenoxy) is 1. The van der Waals surface area contributed by atoms with E-state index in [1.807, 2.05) is 0 Å². The lowest BCUT2D eigenvalue weighted by Crippen LogP contribution is -2.21. The molecule has 2 rings (SSSR count). The minimum absolute atomic E-state index is 0.120. The molecule has 5 nitrogen and oxygen atoms in total. The van der Waals surface area contributed by atoms with Gasteiger partial charge in [-0.15, -0.1) is 0 Å². The highest BCUT2D eigenvalue weighted by molar-refractivity contribution is 9.10. The molecule has 1 saturated carbocycles. The Balaban J connectivity index is 1.98. The molecular formula is C14H16BrNO4. The van der Waals surface area contributed by atoms with Crippen molar-refractivity contribution in [3.05, 3.63) is 22.7 Å². The number of nitrogens with one attached hydrogen (secondary N) is 1. The van der Waals surface area contributed by atoms with Gasteiger partial charge in [-0.25, -0.2) is 0 Å². The van der Waals surface area contributed by atoms with Gasteiger partial charge in [0, 0.05) is 11.6 Å². The van der Waals surface area contributed by atoms with Gasteiger partial charge in [0.05, 0.1) is 17.5 Å². The number of rotatable bonds is 4. The molecule has 0 aromatic heterocycles. The summed E-state index contributed by atoms with van der Waals surface area (Å²) in [6, 6.07) is 5.28. The molecule has 0 heterocycles. The van der Waals surface area contributed by atoms with E-state index in [0.29, 0.717) is 30.7 Å². The average Bonchev–Trinajstić information content (AvgIpc) is 2.88. The molecule has 0 aliphatic heterocycles. The zero-order valence-electron chi connectivity index (χ0n) is 11.1. The molecule has 0 radical (unpaired) electrons. The van der Waals surface area contributed by atoms with Crippen LogP contribution in [0.2, 0.25) is 0 Å². The van der Waals surface area contributed by atoms with Crippen LogP contribution in [-0.2, 0) is 9.59 Å². The van der Waals surface area contributed by atoms with Crippen molar-refractivity contribution >= 4 is 33.5 Å². The molecular weight excluding hydrogens is 326 g/mol.